The first-order chi connectivity index (χ1) is 8.39. The summed E-state index contributed by atoms with van der Waals surface area (Å²) in [5, 5.41) is 0. The van der Waals surface area contributed by atoms with Crippen LogP contribution in [0.4, 0.5) is 11.4 Å². The largest absolute Gasteiger partial charge is 1.00 e. The third-order valence-corrected chi connectivity index (χ3v) is 4.02. The van der Waals surface area contributed by atoms with Gasteiger partial charge in [-0.3, -0.25) is 0 Å². The lowest BCUT2D eigenvalue weighted by atomic mass is 9.82. The molecular formula is C16H21BrN2. The molecule has 1 aromatic rings. The monoisotopic (exact) mass is 320 g/mol. The van der Waals surface area contributed by atoms with E-state index in [0.717, 1.165) is 0 Å². The average Bonchev–Trinajstić information content (AvgIpc) is 2.51. The lowest BCUT2D eigenvalue weighted by Gasteiger charge is -2.18. The van der Waals surface area contributed by atoms with Gasteiger partial charge in [0.1, 0.15) is 0 Å². The molecule has 1 heterocycles. The molecule has 19 heavy (non-hydrogen) atoms. The van der Waals surface area contributed by atoms with E-state index in [1.807, 2.05) is 0 Å². The molecular weight excluding hydrogens is 300 g/mol. The summed E-state index contributed by atoms with van der Waals surface area (Å²) in [6, 6.07) is 6.60. The Hall–Kier alpha value is -1.27. The van der Waals surface area contributed by atoms with Crippen LogP contribution < -0.4 is 21.9 Å². The first-order valence-electron chi connectivity index (χ1n) is 6.26. The maximum atomic E-state index is 5.48. The number of terminal acetylenes is 1. The number of hydrogen-bond acceptors (Lipinski definition) is 1. The Morgan fingerprint density at radius 3 is 2.47 bits per heavy atom. The van der Waals surface area contributed by atoms with E-state index >= 15 is 0 Å². The van der Waals surface area contributed by atoms with Crippen molar-refractivity contribution in [1.82, 2.24) is 0 Å². The first-order valence-corrected chi connectivity index (χ1v) is 6.26. The summed E-state index contributed by atoms with van der Waals surface area (Å²) < 4.78 is 2.24. The van der Waals surface area contributed by atoms with Crippen molar-refractivity contribution in [2.45, 2.75) is 26.2 Å². The first kappa shape index (κ1) is 15.8. The van der Waals surface area contributed by atoms with Gasteiger partial charge in [0.25, 0.3) is 0 Å². The van der Waals surface area contributed by atoms with Crippen LogP contribution in [-0.4, -0.2) is 30.9 Å². The maximum absolute atomic E-state index is 5.48. The number of hydrogen-bond donors (Lipinski definition) is 0. The number of benzene rings is 1. The van der Waals surface area contributed by atoms with Gasteiger partial charge in [0.05, 0.1) is 5.41 Å². The van der Waals surface area contributed by atoms with E-state index in [2.05, 4.69) is 68.5 Å². The molecule has 0 fully saturated rings. The van der Waals surface area contributed by atoms with E-state index in [9.17, 15) is 0 Å². The lowest BCUT2D eigenvalue weighted by Crippen LogP contribution is -3.00. The molecule has 0 saturated heterocycles. The quantitative estimate of drug-likeness (QED) is 0.540. The van der Waals surface area contributed by atoms with Gasteiger partial charge in [-0.15, -0.1) is 6.42 Å². The van der Waals surface area contributed by atoms with Crippen LogP contribution >= 0.6 is 0 Å². The highest BCUT2D eigenvalue weighted by Crippen LogP contribution is 2.40. The third-order valence-electron chi connectivity index (χ3n) is 4.02. The van der Waals surface area contributed by atoms with Crippen molar-refractivity contribution in [3.05, 3.63) is 23.8 Å². The molecule has 0 spiro atoms. The Balaban J connectivity index is 0.00000180. The summed E-state index contributed by atoms with van der Waals surface area (Å²) in [5.74, 6) is 2.75. The number of rotatable bonds is 2. The van der Waals surface area contributed by atoms with Gasteiger partial charge in [-0.1, -0.05) is 0 Å². The van der Waals surface area contributed by atoms with E-state index in [1.165, 1.54) is 22.6 Å². The van der Waals surface area contributed by atoms with Gasteiger partial charge in [0.15, 0.2) is 5.71 Å². The SMILES string of the molecule is C#CC[N+]1=C(C)C(C)(C)c2cc(N(C)C)ccc21.[Br-]. The second kappa shape index (κ2) is 5.38. The van der Waals surface area contributed by atoms with Gasteiger partial charge in [0, 0.05) is 38.3 Å². The summed E-state index contributed by atoms with van der Waals surface area (Å²) in [7, 11) is 4.14. The fourth-order valence-electron chi connectivity index (χ4n) is 2.55. The molecule has 0 amide bonds. The summed E-state index contributed by atoms with van der Waals surface area (Å²) in [6.45, 7) is 7.34. The van der Waals surface area contributed by atoms with E-state index in [4.69, 9.17) is 6.42 Å². The molecule has 0 bridgehead atoms. The lowest BCUT2D eigenvalue weighted by molar-refractivity contribution is -0.424. The zero-order chi connectivity index (χ0) is 13.5. The van der Waals surface area contributed by atoms with E-state index in [-0.39, 0.29) is 22.4 Å². The molecule has 0 unspecified atom stereocenters. The highest BCUT2D eigenvalue weighted by Gasteiger charge is 2.42. The fourth-order valence-corrected chi connectivity index (χ4v) is 2.55. The summed E-state index contributed by atoms with van der Waals surface area (Å²) >= 11 is 0. The molecule has 1 aliphatic heterocycles. The molecule has 0 radical (unpaired) electrons. The Bertz CT molecular complexity index is 563. The van der Waals surface area contributed by atoms with Crippen molar-refractivity contribution in [3.63, 3.8) is 0 Å². The minimum atomic E-state index is 0. The van der Waals surface area contributed by atoms with Crippen LogP contribution in [0.15, 0.2) is 18.2 Å². The Kier molecular flexibility index (Phi) is 4.47. The molecule has 0 saturated carbocycles. The normalized spacial score (nSPS) is 15.6. The zero-order valence-electron chi connectivity index (χ0n) is 12.3. The van der Waals surface area contributed by atoms with Crippen molar-refractivity contribution >= 4 is 17.1 Å². The van der Waals surface area contributed by atoms with Crippen LogP contribution in [0.1, 0.15) is 26.3 Å². The third kappa shape index (κ3) is 2.42. The van der Waals surface area contributed by atoms with Crippen LogP contribution in [0.2, 0.25) is 0 Å². The molecule has 102 valence electrons. The van der Waals surface area contributed by atoms with E-state index in [1.54, 1.807) is 0 Å². The van der Waals surface area contributed by atoms with E-state index < -0.39 is 0 Å². The molecule has 3 heteroatoms. The second-order valence-corrected chi connectivity index (χ2v) is 5.60. The molecule has 1 aromatic carbocycles. The van der Waals surface area contributed by atoms with Gasteiger partial charge in [-0.05, 0) is 31.9 Å². The number of anilines is 1. The minimum absolute atomic E-state index is 0. The second-order valence-electron chi connectivity index (χ2n) is 5.60. The molecule has 0 N–H and O–H groups in total. The summed E-state index contributed by atoms with van der Waals surface area (Å²) in [4.78, 5) is 2.13. The minimum Gasteiger partial charge on any atom is -1.00 e. The Morgan fingerprint density at radius 2 is 1.95 bits per heavy atom. The van der Waals surface area contributed by atoms with Crippen molar-refractivity contribution in [1.29, 1.82) is 0 Å². The molecule has 1 aliphatic rings. The highest BCUT2D eigenvalue weighted by molar-refractivity contribution is 5.93. The molecule has 0 atom stereocenters. The van der Waals surface area contributed by atoms with Gasteiger partial charge >= 0.3 is 0 Å². The average molecular weight is 321 g/mol. The predicted octanol–water partition coefficient (Wildman–Crippen LogP) is -0.214. The van der Waals surface area contributed by atoms with Crippen molar-refractivity contribution in [2.24, 2.45) is 0 Å². The molecule has 0 aliphatic carbocycles. The van der Waals surface area contributed by atoms with Crippen LogP contribution in [0.5, 0.6) is 0 Å². The fraction of sp³-hybridized carbons (Fsp3) is 0.438. The van der Waals surface area contributed by atoms with Crippen LogP contribution in [0.3, 0.4) is 0 Å². The van der Waals surface area contributed by atoms with Crippen molar-refractivity contribution in [2.75, 3.05) is 25.5 Å². The molecule has 2 rings (SSSR count). The van der Waals surface area contributed by atoms with Gasteiger partial charge < -0.3 is 21.9 Å². The number of halogens is 1. The standard InChI is InChI=1S/C16H21N2.BrH/c1-7-10-18-12(2)16(3,4)14-11-13(17(5)6)8-9-15(14)18;/h1,8-9,11H,10H2,2-6H3;1H/q+1;/p-1. The van der Waals surface area contributed by atoms with Crippen molar-refractivity contribution in [3.8, 4) is 12.3 Å². The predicted molar refractivity (Wildman–Crippen MR) is 78.1 cm³/mol. The summed E-state index contributed by atoms with van der Waals surface area (Å²) in [5.41, 5.74) is 5.23. The van der Waals surface area contributed by atoms with Crippen LogP contribution in [0.25, 0.3) is 0 Å². The summed E-state index contributed by atoms with van der Waals surface area (Å²) in [6.07, 6.45) is 5.48. The Morgan fingerprint density at radius 1 is 1.32 bits per heavy atom. The van der Waals surface area contributed by atoms with E-state index in [0.29, 0.717) is 6.54 Å². The van der Waals surface area contributed by atoms with Crippen LogP contribution in [0, 0.1) is 12.3 Å². The maximum Gasteiger partial charge on any atom is 0.210 e. The smallest absolute Gasteiger partial charge is 0.210 e. The van der Waals surface area contributed by atoms with Crippen LogP contribution in [-0.2, 0) is 5.41 Å². The van der Waals surface area contributed by atoms with Crippen molar-refractivity contribution < 1.29 is 21.6 Å². The van der Waals surface area contributed by atoms with Gasteiger partial charge in [-0.25, -0.2) is 0 Å². The molecule has 2 nitrogen and oxygen atoms in total. The Labute approximate surface area is 126 Å². The van der Waals surface area contributed by atoms with Gasteiger partial charge in [-0.2, -0.15) is 4.58 Å². The highest BCUT2D eigenvalue weighted by atomic mass is 79.9. The topological polar surface area (TPSA) is 6.25 Å². The molecule has 0 aromatic heterocycles. The number of nitrogens with zero attached hydrogens (tertiary/aromatic N) is 2. The zero-order valence-corrected chi connectivity index (χ0v) is 13.9. The number of fused-ring (bicyclic) bond motifs is 1. The van der Waals surface area contributed by atoms with Gasteiger partial charge in [0.2, 0.25) is 12.2 Å².